The quantitative estimate of drug-likeness (QED) is 0.754. The molecule has 6 heteroatoms. The highest BCUT2D eigenvalue weighted by molar-refractivity contribution is 5.53. The summed E-state index contributed by atoms with van der Waals surface area (Å²) in [6.07, 6.45) is 1.78. The van der Waals surface area contributed by atoms with E-state index in [-0.39, 0.29) is 13.2 Å². The van der Waals surface area contributed by atoms with Crippen molar-refractivity contribution in [3.8, 4) is 17.2 Å². The third-order valence-corrected chi connectivity index (χ3v) is 3.01. The van der Waals surface area contributed by atoms with Crippen LogP contribution >= 0.6 is 0 Å². The summed E-state index contributed by atoms with van der Waals surface area (Å²) in [7, 11) is 0. The highest BCUT2D eigenvalue weighted by atomic mass is 16.3. The second-order valence-corrected chi connectivity index (χ2v) is 4.46. The maximum absolute atomic E-state index is 9.13. The van der Waals surface area contributed by atoms with Gasteiger partial charge in [0.05, 0.1) is 30.3 Å². The molecular weight excluding hydrogens is 268 g/mol. The Morgan fingerprint density at radius 1 is 0.810 bits per heavy atom. The minimum atomic E-state index is -0.109. The standard InChI is InChI=1S/C15H14N4O2/c20-9-11-3-1-5-13(16-11)14-7-8-19(18-14)15-6-2-4-12(10-21)17-15/h1-8,20-21H,9-10H2. The van der Waals surface area contributed by atoms with Crippen LogP contribution in [-0.4, -0.2) is 30.0 Å². The number of hydrogen-bond donors (Lipinski definition) is 2. The lowest BCUT2D eigenvalue weighted by Crippen LogP contribution is -2.01. The average molecular weight is 282 g/mol. The molecule has 3 heterocycles. The Morgan fingerprint density at radius 3 is 2.29 bits per heavy atom. The summed E-state index contributed by atoms with van der Waals surface area (Å²) >= 11 is 0. The zero-order valence-corrected chi connectivity index (χ0v) is 11.2. The number of aliphatic hydroxyl groups is 2. The monoisotopic (exact) mass is 282 g/mol. The maximum atomic E-state index is 9.13. The molecule has 0 atom stereocenters. The first-order valence-electron chi connectivity index (χ1n) is 6.50. The van der Waals surface area contributed by atoms with Gasteiger partial charge in [0.1, 0.15) is 5.69 Å². The average Bonchev–Trinajstić information content (AvgIpc) is 3.05. The van der Waals surface area contributed by atoms with Gasteiger partial charge < -0.3 is 10.2 Å². The van der Waals surface area contributed by atoms with Crippen molar-refractivity contribution in [3.05, 3.63) is 60.0 Å². The highest BCUT2D eigenvalue weighted by Crippen LogP contribution is 2.16. The molecule has 0 aromatic carbocycles. The van der Waals surface area contributed by atoms with Crippen molar-refractivity contribution in [1.82, 2.24) is 19.7 Å². The van der Waals surface area contributed by atoms with E-state index < -0.39 is 0 Å². The van der Waals surface area contributed by atoms with Crippen LogP contribution in [0.1, 0.15) is 11.4 Å². The molecule has 0 saturated carbocycles. The summed E-state index contributed by atoms with van der Waals surface area (Å²) in [6, 6.07) is 12.6. The Kier molecular flexibility index (Phi) is 3.72. The number of aromatic nitrogens is 4. The van der Waals surface area contributed by atoms with Crippen LogP contribution in [0.4, 0.5) is 0 Å². The largest absolute Gasteiger partial charge is 0.390 e. The van der Waals surface area contributed by atoms with E-state index in [0.717, 1.165) is 0 Å². The van der Waals surface area contributed by atoms with Crippen LogP contribution in [0.5, 0.6) is 0 Å². The number of pyridine rings is 2. The normalized spacial score (nSPS) is 10.8. The van der Waals surface area contributed by atoms with Gasteiger partial charge in [-0.15, -0.1) is 0 Å². The van der Waals surface area contributed by atoms with Crippen LogP contribution in [0.2, 0.25) is 0 Å². The van der Waals surface area contributed by atoms with Crippen molar-refractivity contribution in [2.24, 2.45) is 0 Å². The molecule has 0 spiro atoms. The van der Waals surface area contributed by atoms with E-state index in [4.69, 9.17) is 10.2 Å². The molecule has 0 saturated heterocycles. The van der Waals surface area contributed by atoms with Crippen LogP contribution in [0, 0.1) is 0 Å². The summed E-state index contributed by atoms with van der Waals surface area (Å²) in [5, 5.41) is 22.7. The van der Waals surface area contributed by atoms with Crippen LogP contribution in [0.15, 0.2) is 48.7 Å². The van der Waals surface area contributed by atoms with E-state index in [0.29, 0.717) is 28.6 Å². The summed E-state index contributed by atoms with van der Waals surface area (Å²) in [4.78, 5) is 8.61. The third kappa shape index (κ3) is 2.81. The lowest BCUT2D eigenvalue weighted by Gasteiger charge is -2.02. The summed E-state index contributed by atoms with van der Waals surface area (Å²) in [6.45, 7) is -0.212. The first kappa shape index (κ1) is 13.4. The molecule has 3 rings (SSSR count). The predicted octanol–water partition coefficient (Wildman–Crippen LogP) is 1.31. The highest BCUT2D eigenvalue weighted by Gasteiger charge is 2.07. The molecule has 0 fully saturated rings. The minimum Gasteiger partial charge on any atom is -0.390 e. The van der Waals surface area contributed by atoms with Crippen molar-refractivity contribution < 1.29 is 10.2 Å². The molecule has 106 valence electrons. The van der Waals surface area contributed by atoms with Gasteiger partial charge in [-0.2, -0.15) is 5.10 Å². The fourth-order valence-corrected chi connectivity index (χ4v) is 1.98. The lowest BCUT2D eigenvalue weighted by molar-refractivity contribution is 0.276. The molecule has 2 N–H and O–H groups in total. The van der Waals surface area contributed by atoms with Crippen molar-refractivity contribution in [3.63, 3.8) is 0 Å². The second-order valence-electron chi connectivity index (χ2n) is 4.46. The Hall–Kier alpha value is -2.57. The van der Waals surface area contributed by atoms with Crippen molar-refractivity contribution in [2.75, 3.05) is 0 Å². The Bertz CT molecular complexity index is 693. The van der Waals surface area contributed by atoms with Gasteiger partial charge in [-0.25, -0.2) is 14.6 Å². The zero-order valence-electron chi connectivity index (χ0n) is 11.2. The van der Waals surface area contributed by atoms with Crippen LogP contribution in [0.25, 0.3) is 17.2 Å². The lowest BCUT2D eigenvalue weighted by atomic mass is 10.2. The van der Waals surface area contributed by atoms with Gasteiger partial charge in [-0.1, -0.05) is 12.1 Å². The van der Waals surface area contributed by atoms with Gasteiger partial charge in [0.2, 0.25) is 0 Å². The molecule has 0 aliphatic carbocycles. The molecule has 6 nitrogen and oxygen atoms in total. The molecule has 0 unspecified atom stereocenters. The molecule has 3 aromatic heterocycles. The van der Waals surface area contributed by atoms with Crippen LogP contribution < -0.4 is 0 Å². The summed E-state index contributed by atoms with van der Waals surface area (Å²) in [5.41, 5.74) is 2.58. The zero-order chi connectivity index (χ0) is 14.7. The van der Waals surface area contributed by atoms with Gasteiger partial charge in [-0.05, 0) is 30.3 Å². The molecule has 0 radical (unpaired) electrons. The van der Waals surface area contributed by atoms with Crippen molar-refractivity contribution in [1.29, 1.82) is 0 Å². The van der Waals surface area contributed by atoms with E-state index in [9.17, 15) is 0 Å². The van der Waals surface area contributed by atoms with E-state index in [2.05, 4.69) is 15.1 Å². The molecule has 0 bridgehead atoms. The van der Waals surface area contributed by atoms with Crippen LogP contribution in [0.3, 0.4) is 0 Å². The SMILES string of the molecule is OCc1cccc(-c2ccn(-c3cccc(CO)n3)n2)n1. The maximum Gasteiger partial charge on any atom is 0.153 e. The van der Waals surface area contributed by atoms with E-state index in [1.54, 1.807) is 23.0 Å². The molecule has 0 aliphatic heterocycles. The Balaban J connectivity index is 1.95. The Labute approximate surface area is 121 Å². The molecular formula is C15H14N4O2. The van der Waals surface area contributed by atoms with Gasteiger partial charge in [0, 0.05) is 6.20 Å². The summed E-state index contributed by atoms with van der Waals surface area (Å²) in [5.74, 6) is 0.631. The van der Waals surface area contributed by atoms with Gasteiger partial charge in [0.25, 0.3) is 0 Å². The van der Waals surface area contributed by atoms with E-state index in [1.807, 2.05) is 30.3 Å². The minimum absolute atomic E-state index is 0.103. The first-order chi connectivity index (χ1) is 10.3. The fraction of sp³-hybridized carbons (Fsp3) is 0.133. The Morgan fingerprint density at radius 2 is 1.52 bits per heavy atom. The predicted molar refractivity (Wildman–Crippen MR) is 76.4 cm³/mol. The number of aliphatic hydroxyl groups excluding tert-OH is 2. The first-order valence-corrected chi connectivity index (χ1v) is 6.50. The topological polar surface area (TPSA) is 84.1 Å². The second kappa shape index (κ2) is 5.82. The van der Waals surface area contributed by atoms with E-state index in [1.165, 1.54) is 0 Å². The van der Waals surface area contributed by atoms with Crippen LogP contribution in [-0.2, 0) is 13.2 Å². The molecule has 0 aliphatic rings. The number of nitrogens with zero attached hydrogens (tertiary/aromatic N) is 4. The molecule has 0 amide bonds. The molecule has 3 aromatic rings. The third-order valence-electron chi connectivity index (χ3n) is 3.01. The van der Waals surface area contributed by atoms with Gasteiger partial charge >= 0.3 is 0 Å². The van der Waals surface area contributed by atoms with Crippen molar-refractivity contribution in [2.45, 2.75) is 13.2 Å². The van der Waals surface area contributed by atoms with E-state index >= 15 is 0 Å². The fourth-order valence-electron chi connectivity index (χ4n) is 1.98. The number of hydrogen-bond acceptors (Lipinski definition) is 5. The molecule has 21 heavy (non-hydrogen) atoms. The smallest absolute Gasteiger partial charge is 0.153 e. The van der Waals surface area contributed by atoms with Gasteiger partial charge in [-0.3, -0.25) is 0 Å². The van der Waals surface area contributed by atoms with Crippen molar-refractivity contribution >= 4 is 0 Å². The number of rotatable bonds is 4. The summed E-state index contributed by atoms with van der Waals surface area (Å²) < 4.78 is 1.63. The van der Waals surface area contributed by atoms with Gasteiger partial charge in [0.15, 0.2) is 5.82 Å².